The number of aryl methyl sites for hydroxylation is 1. The lowest BCUT2D eigenvalue weighted by Crippen LogP contribution is -2.27. The van der Waals surface area contributed by atoms with Crippen molar-refractivity contribution in [3.63, 3.8) is 0 Å². The molecule has 0 saturated carbocycles. The predicted molar refractivity (Wildman–Crippen MR) is 105 cm³/mol. The van der Waals surface area contributed by atoms with E-state index in [1.807, 2.05) is 31.2 Å². The molecule has 1 aliphatic heterocycles. The molecule has 0 bridgehead atoms. The van der Waals surface area contributed by atoms with E-state index in [1.54, 1.807) is 30.4 Å². The van der Waals surface area contributed by atoms with Crippen LogP contribution in [0.15, 0.2) is 65.6 Å². The Balaban J connectivity index is 1.77. The molecule has 1 heterocycles. The average molecular weight is 380 g/mol. The van der Waals surface area contributed by atoms with Gasteiger partial charge >= 0.3 is 0 Å². The number of hydrogen-bond acceptors (Lipinski definition) is 5. The van der Waals surface area contributed by atoms with Crippen LogP contribution in [0.3, 0.4) is 0 Å². The van der Waals surface area contributed by atoms with Crippen LogP contribution in [0.25, 0.3) is 6.08 Å². The van der Waals surface area contributed by atoms with Crippen LogP contribution < -0.4 is 0 Å². The second-order valence-corrected chi connectivity index (χ2v) is 6.88. The van der Waals surface area contributed by atoms with Crippen molar-refractivity contribution in [1.82, 2.24) is 4.90 Å². The van der Waals surface area contributed by atoms with Gasteiger partial charge in [0.25, 0.3) is 16.8 Å². The molecular weight excluding hydrogens is 364 g/mol. The topological polar surface area (TPSA) is 80.5 Å². The second kappa shape index (κ2) is 8.01. The van der Waals surface area contributed by atoms with Crippen molar-refractivity contribution in [3.05, 3.63) is 92.4 Å². The molecule has 2 amide bonds. The van der Waals surface area contributed by atoms with Crippen LogP contribution in [0.2, 0.25) is 0 Å². The Bertz CT molecular complexity index is 981. The normalized spacial score (nSPS) is 15.9. The fourth-order valence-electron chi connectivity index (χ4n) is 2.64. The van der Waals surface area contributed by atoms with Gasteiger partial charge in [-0.3, -0.25) is 24.6 Å². The van der Waals surface area contributed by atoms with Crippen LogP contribution in [0.5, 0.6) is 0 Å². The first kappa shape index (κ1) is 18.6. The Morgan fingerprint density at radius 1 is 1.11 bits per heavy atom. The van der Waals surface area contributed by atoms with E-state index >= 15 is 0 Å². The van der Waals surface area contributed by atoms with E-state index in [4.69, 9.17) is 0 Å². The second-order valence-electron chi connectivity index (χ2n) is 5.89. The Morgan fingerprint density at radius 3 is 2.56 bits per heavy atom. The number of allylic oxidation sites excluding steroid dienone is 2. The highest BCUT2D eigenvalue weighted by Gasteiger charge is 2.34. The first-order chi connectivity index (χ1) is 13.0. The van der Waals surface area contributed by atoms with Gasteiger partial charge in [0.1, 0.15) is 0 Å². The van der Waals surface area contributed by atoms with Crippen LogP contribution in [0.1, 0.15) is 16.7 Å². The summed E-state index contributed by atoms with van der Waals surface area (Å²) in [5.41, 5.74) is 2.33. The van der Waals surface area contributed by atoms with Gasteiger partial charge in [-0.05, 0) is 48.0 Å². The van der Waals surface area contributed by atoms with Gasteiger partial charge in [-0.2, -0.15) is 0 Å². The van der Waals surface area contributed by atoms with Crippen molar-refractivity contribution in [2.75, 3.05) is 0 Å². The molecule has 0 N–H and O–H groups in total. The third-order valence-electron chi connectivity index (χ3n) is 4.12. The van der Waals surface area contributed by atoms with Gasteiger partial charge in [-0.1, -0.05) is 42.5 Å². The Hall–Kier alpha value is -3.19. The molecular formula is C20H16N2O4S. The smallest absolute Gasteiger partial charge is 0.268 e. The van der Waals surface area contributed by atoms with Gasteiger partial charge in [0.2, 0.25) is 0 Å². The summed E-state index contributed by atoms with van der Waals surface area (Å²) in [5.74, 6) is -0.361. The molecule has 0 aromatic heterocycles. The molecule has 2 aromatic rings. The number of imide groups is 1. The molecule has 0 aliphatic carbocycles. The molecule has 1 fully saturated rings. The molecule has 3 rings (SSSR count). The predicted octanol–water partition coefficient (Wildman–Crippen LogP) is 4.70. The summed E-state index contributed by atoms with van der Waals surface area (Å²) in [5, 5.41) is 10.7. The minimum Gasteiger partial charge on any atom is -0.268 e. The summed E-state index contributed by atoms with van der Waals surface area (Å²) in [6.07, 6.45) is 4.61. The van der Waals surface area contributed by atoms with Crippen LogP contribution >= 0.6 is 11.8 Å². The molecule has 0 unspecified atom stereocenters. The van der Waals surface area contributed by atoms with Crippen LogP contribution in [-0.4, -0.2) is 21.0 Å². The quantitative estimate of drug-likeness (QED) is 0.427. The van der Waals surface area contributed by atoms with E-state index in [0.29, 0.717) is 10.5 Å². The van der Waals surface area contributed by atoms with Gasteiger partial charge in [0.15, 0.2) is 0 Å². The highest BCUT2D eigenvalue weighted by Crippen LogP contribution is 2.32. The number of nitro benzene ring substituents is 1. The van der Waals surface area contributed by atoms with Crippen molar-refractivity contribution in [2.24, 2.45) is 0 Å². The lowest BCUT2D eigenvalue weighted by Gasteiger charge is -2.14. The third-order valence-corrected chi connectivity index (χ3v) is 5.05. The molecule has 27 heavy (non-hydrogen) atoms. The van der Waals surface area contributed by atoms with Gasteiger partial charge < -0.3 is 0 Å². The van der Waals surface area contributed by atoms with Crippen LogP contribution in [0.4, 0.5) is 10.5 Å². The minimum atomic E-state index is -0.463. The maximum atomic E-state index is 12.5. The Labute approximate surface area is 160 Å². The van der Waals surface area contributed by atoms with Crippen molar-refractivity contribution >= 4 is 34.7 Å². The summed E-state index contributed by atoms with van der Waals surface area (Å²) < 4.78 is 0. The molecule has 136 valence electrons. The maximum Gasteiger partial charge on any atom is 0.293 e. The van der Waals surface area contributed by atoms with E-state index in [1.165, 1.54) is 17.0 Å². The van der Waals surface area contributed by atoms with Crippen molar-refractivity contribution < 1.29 is 14.5 Å². The summed E-state index contributed by atoms with van der Waals surface area (Å²) in [4.78, 5) is 36.8. The van der Waals surface area contributed by atoms with Crippen LogP contribution in [0, 0.1) is 17.0 Å². The number of para-hydroxylation sites is 1. The average Bonchev–Trinajstić information content (AvgIpc) is 2.91. The van der Waals surface area contributed by atoms with Crippen LogP contribution in [-0.2, 0) is 11.3 Å². The van der Waals surface area contributed by atoms with Crippen molar-refractivity contribution in [1.29, 1.82) is 0 Å². The SMILES string of the molecule is Cc1ccccc1CN1C(=O)S/C(=C\C=C\c2ccccc2[N+](=O)[O-])C1=O. The maximum absolute atomic E-state index is 12.5. The van der Waals surface area contributed by atoms with E-state index < -0.39 is 4.92 Å². The number of carbonyl (C=O) groups excluding carboxylic acids is 2. The fourth-order valence-corrected chi connectivity index (χ4v) is 3.43. The molecule has 0 radical (unpaired) electrons. The summed E-state index contributed by atoms with van der Waals surface area (Å²) >= 11 is 0.866. The Kier molecular flexibility index (Phi) is 5.52. The fraction of sp³-hybridized carbons (Fsp3) is 0.100. The molecule has 0 spiro atoms. The van der Waals surface area contributed by atoms with E-state index in [0.717, 1.165) is 22.9 Å². The monoisotopic (exact) mass is 380 g/mol. The summed E-state index contributed by atoms with van der Waals surface area (Å²) in [7, 11) is 0. The van der Waals surface area contributed by atoms with Gasteiger partial charge in [-0.25, -0.2) is 0 Å². The number of nitrogens with zero attached hydrogens (tertiary/aromatic N) is 2. The van der Waals surface area contributed by atoms with E-state index in [2.05, 4.69) is 0 Å². The number of rotatable bonds is 5. The molecule has 6 nitrogen and oxygen atoms in total. The molecule has 2 aromatic carbocycles. The van der Waals surface area contributed by atoms with E-state index in [-0.39, 0.29) is 23.4 Å². The van der Waals surface area contributed by atoms with E-state index in [9.17, 15) is 19.7 Å². The number of nitro groups is 1. The standard InChI is InChI=1S/C20H16N2O4S/c1-14-7-2-3-9-16(14)13-21-19(23)18(27-20(21)24)12-6-10-15-8-4-5-11-17(15)22(25)26/h2-12H,13H2,1H3/b10-6+,18-12-. The van der Waals surface area contributed by atoms with Gasteiger partial charge in [-0.15, -0.1) is 0 Å². The van der Waals surface area contributed by atoms with Gasteiger partial charge in [0, 0.05) is 6.07 Å². The molecule has 1 saturated heterocycles. The lowest BCUT2D eigenvalue weighted by atomic mass is 10.1. The lowest BCUT2D eigenvalue weighted by molar-refractivity contribution is -0.385. The first-order valence-electron chi connectivity index (χ1n) is 8.17. The molecule has 1 aliphatic rings. The number of thioether (sulfide) groups is 1. The molecule has 7 heteroatoms. The number of hydrogen-bond donors (Lipinski definition) is 0. The largest absolute Gasteiger partial charge is 0.293 e. The first-order valence-corrected chi connectivity index (χ1v) is 8.99. The van der Waals surface area contributed by atoms with Crippen molar-refractivity contribution in [3.8, 4) is 0 Å². The summed E-state index contributed by atoms with van der Waals surface area (Å²) in [6.45, 7) is 2.16. The van der Waals surface area contributed by atoms with Gasteiger partial charge in [0.05, 0.1) is 21.9 Å². The zero-order valence-corrected chi connectivity index (χ0v) is 15.3. The Morgan fingerprint density at radius 2 is 1.81 bits per heavy atom. The molecule has 0 atom stereocenters. The third kappa shape index (κ3) is 4.15. The zero-order chi connectivity index (χ0) is 19.4. The highest BCUT2D eigenvalue weighted by atomic mass is 32.2. The number of amides is 2. The highest BCUT2D eigenvalue weighted by molar-refractivity contribution is 8.18. The zero-order valence-electron chi connectivity index (χ0n) is 14.5. The van der Waals surface area contributed by atoms with Crippen molar-refractivity contribution in [2.45, 2.75) is 13.5 Å². The summed E-state index contributed by atoms with van der Waals surface area (Å²) in [6, 6.07) is 13.9. The number of benzene rings is 2. The minimum absolute atomic E-state index is 0.0187. The number of carbonyl (C=O) groups is 2.